The van der Waals surface area contributed by atoms with Gasteiger partial charge < -0.3 is 10.1 Å². The number of nitrogens with one attached hydrogen (secondary N) is 1. The van der Waals surface area contributed by atoms with E-state index in [1.165, 1.54) is 11.3 Å². The Balaban J connectivity index is 1.94. The first-order valence-electron chi connectivity index (χ1n) is 10.3. The lowest BCUT2D eigenvalue weighted by Crippen LogP contribution is -2.33. The third-order valence-electron chi connectivity index (χ3n) is 5.10. The summed E-state index contributed by atoms with van der Waals surface area (Å²) in [5.41, 5.74) is 4.06. The topological polar surface area (TPSA) is 90.3 Å². The van der Waals surface area contributed by atoms with Crippen molar-refractivity contribution in [3.8, 4) is 0 Å². The summed E-state index contributed by atoms with van der Waals surface area (Å²) in [4.78, 5) is 42.1. The minimum absolute atomic E-state index is 0.0536. The van der Waals surface area contributed by atoms with E-state index in [0.717, 1.165) is 27.6 Å². The predicted molar refractivity (Wildman–Crippen MR) is 123 cm³/mol. The van der Waals surface area contributed by atoms with Crippen molar-refractivity contribution in [3.63, 3.8) is 0 Å². The van der Waals surface area contributed by atoms with Gasteiger partial charge in [-0.25, -0.2) is 4.98 Å². The monoisotopic (exact) mass is 441 g/mol. The summed E-state index contributed by atoms with van der Waals surface area (Å²) in [5, 5.41) is 5.88. The van der Waals surface area contributed by atoms with Crippen molar-refractivity contribution >= 4 is 39.2 Å². The Morgan fingerprint density at radius 1 is 1.16 bits per heavy atom. The number of thiazole rings is 1. The molecule has 0 radical (unpaired) electrons. The van der Waals surface area contributed by atoms with Crippen molar-refractivity contribution in [2.45, 2.75) is 53.5 Å². The molecule has 1 N–H and O–H groups in total. The van der Waals surface area contributed by atoms with Gasteiger partial charge in [0.15, 0.2) is 5.13 Å². The van der Waals surface area contributed by atoms with E-state index in [1.54, 1.807) is 22.9 Å². The molecule has 0 fully saturated rings. The molecule has 0 aliphatic heterocycles. The summed E-state index contributed by atoms with van der Waals surface area (Å²) >= 11 is 1.24. The molecule has 0 aliphatic carbocycles. The summed E-state index contributed by atoms with van der Waals surface area (Å²) in [6.07, 6.45) is 0.496. The maximum Gasteiger partial charge on any atom is 0.311 e. The second-order valence-electron chi connectivity index (χ2n) is 7.55. The molecule has 164 valence electrons. The van der Waals surface area contributed by atoms with Crippen LogP contribution in [0.2, 0.25) is 0 Å². The van der Waals surface area contributed by atoms with Crippen LogP contribution < -0.4 is 10.9 Å². The SMILES string of the molecule is CCOC(=O)Cc1csc(NC(=O)C(CC)n2c(=O)cc(C)c3cc(C)cc(C)c32)n1. The lowest BCUT2D eigenvalue weighted by Gasteiger charge is -2.22. The molecule has 0 aliphatic rings. The molecule has 7 nitrogen and oxygen atoms in total. The van der Waals surface area contributed by atoms with E-state index in [1.807, 2.05) is 39.8 Å². The zero-order chi connectivity index (χ0) is 22.7. The van der Waals surface area contributed by atoms with Gasteiger partial charge in [0.05, 0.1) is 24.2 Å². The van der Waals surface area contributed by atoms with Crippen molar-refractivity contribution in [2.24, 2.45) is 0 Å². The molecule has 0 spiro atoms. The normalized spacial score (nSPS) is 12.0. The van der Waals surface area contributed by atoms with Crippen LogP contribution in [0.25, 0.3) is 10.9 Å². The van der Waals surface area contributed by atoms with Gasteiger partial charge in [0.25, 0.3) is 5.56 Å². The van der Waals surface area contributed by atoms with Crippen LogP contribution in [0.15, 0.2) is 28.4 Å². The van der Waals surface area contributed by atoms with Gasteiger partial charge in [0.1, 0.15) is 6.04 Å². The van der Waals surface area contributed by atoms with E-state index < -0.39 is 6.04 Å². The van der Waals surface area contributed by atoms with Crippen LogP contribution in [0.1, 0.15) is 48.7 Å². The number of fused-ring (bicyclic) bond motifs is 1. The highest BCUT2D eigenvalue weighted by Gasteiger charge is 2.24. The van der Waals surface area contributed by atoms with Crippen molar-refractivity contribution in [1.29, 1.82) is 0 Å². The molecule has 2 heterocycles. The highest BCUT2D eigenvalue weighted by atomic mass is 32.1. The Labute approximate surface area is 185 Å². The number of pyridine rings is 1. The Morgan fingerprint density at radius 3 is 2.58 bits per heavy atom. The third-order valence-corrected chi connectivity index (χ3v) is 5.91. The Morgan fingerprint density at radius 2 is 1.90 bits per heavy atom. The number of hydrogen-bond donors (Lipinski definition) is 1. The highest BCUT2D eigenvalue weighted by Crippen LogP contribution is 2.27. The van der Waals surface area contributed by atoms with Crippen LogP contribution in [-0.4, -0.2) is 28.0 Å². The Bertz CT molecular complexity index is 1200. The molecule has 1 aromatic carbocycles. The van der Waals surface area contributed by atoms with Gasteiger partial charge in [-0.15, -0.1) is 11.3 Å². The molecule has 2 aromatic heterocycles. The van der Waals surface area contributed by atoms with Crippen LogP contribution in [0.3, 0.4) is 0 Å². The van der Waals surface area contributed by atoms with Crippen LogP contribution >= 0.6 is 11.3 Å². The third kappa shape index (κ3) is 4.85. The molecule has 1 atom stereocenters. The number of esters is 1. The van der Waals surface area contributed by atoms with Crippen LogP contribution in [0.4, 0.5) is 5.13 Å². The molecule has 0 bridgehead atoms. The van der Waals surface area contributed by atoms with Crippen molar-refractivity contribution in [2.75, 3.05) is 11.9 Å². The number of aromatic nitrogens is 2. The molecular formula is C23H27N3O4S. The van der Waals surface area contributed by atoms with Crippen molar-refractivity contribution in [3.05, 3.63) is 56.3 Å². The fourth-order valence-corrected chi connectivity index (χ4v) is 4.53. The van der Waals surface area contributed by atoms with Crippen LogP contribution in [0, 0.1) is 20.8 Å². The molecule has 0 saturated heterocycles. The van der Waals surface area contributed by atoms with Gasteiger partial charge in [-0.1, -0.05) is 18.6 Å². The molecular weight excluding hydrogens is 414 g/mol. The number of benzene rings is 1. The lowest BCUT2D eigenvalue weighted by molar-refractivity contribution is -0.142. The maximum atomic E-state index is 13.1. The molecule has 31 heavy (non-hydrogen) atoms. The zero-order valence-electron chi connectivity index (χ0n) is 18.4. The summed E-state index contributed by atoms with van der Waals surface area (Å²) in [5.74, 6) is -0.674. The number of nitrogens with zero attached hydrogens (tertiary/aromatic N) is 2. The number of anilines is 1. The summed E-state index contributed by atoms with van der Waals surface area (Å²) < 4.78 is 6.52. The number of carbonyl (C=O) groups is 2. The number of aryl methyl sites for hydroxylation is 3. The van der Waals surface area contributed by atoms with Gasteiger partial charge in [0, 0.05) is 16.8 Å². The zero-order valence-corrected chi connectivity index (χ0v) is 19.3. The van der Waals surface area contributed by atoms with Crippen molar-refractivity contribution < 1.29 is 14.3 Å². The Kier molecular flexibility index (Phi) is 6.90. The number of ether oxygens (including phenoxy) is 1. The molecule has 3 rings (SSSR count). The van der Waals surface area contributed by atoms with E-state index in [0.29, 0.717) is 23.9 Å². The van der Waals surface area contributed by atoms with E-state index in [2.05, 4.69) is 10.3 Å². The average Bonchev–Trinajstić information content (AvgIpc) is 3.11. The second-order valence-corrected chi connectivity index (χ2v) is 8.41. The number of amides is 1. The minimum atomic E-state index is -0.686. The van der Waals surface area contributed by atoms with E-state index in [9.17, 15) is 14.4 Å². The first-order chi connectivity index (χ1) is 14.7. The fourth-order valence-electron chi connectivity index (χ4n) is 3.81. The molecule has 3 aromatic rings. The van der Waals surface area contributed by atoms with E-state index in [-0.39, 0.29) is 23.9 Å². The average molecular weight is 442 g/mol. The molecule has 1 amide bonds. The first-order valence-corrected chi connectivity index (χ1v) is 11.2. The van der Waals surface area contributed by atoms with Gasteiger partial charge >= 0.3 is 5.97 Å². The predicted octanol–water partition coefficient (Wildman–Crippen LogP) is 4.08. The van der Waals surface area contributed by atoms with Gasteiger partial charge in [-0.2, -0.15) is 0 Å². The van der Waals surface area contributed by atoms with E-state index in [4.69, 9.17) is 4.74 Å². The molecule has 8 heteroatoms. The lowest BCUT2D eigenvalue weighted by atomic mass is 10.0. The second kappa shape index (κ2) is 9.43. The number of carbonyl (C=O) groups excluding carboxylic acids is 2. The maximum absolute atomic E-state index is 13.1. The highest BCUT2D eigenvalue weighted by molar-refractivity contribution is 7.13. The Hall–Kier alpha value is -3.00. The van der Waals surface area contributed by atoms with Gasteiger partial charge in [-0.3, -0.25) is 19.0 Å². The summed E-state index contributed by atoms with van der Waals surface area (Å²) in [7, 11) is 0. The minimum Gasteiger partial charge on any atom is -0.466 e. The molecule has 1 unspecified atom stereocenters. The first kappa shape index (κ1) is 22.7. The largest absolute Gasteiger partial charge is 0.466 e. The summed E-state index contributed by atoms with van der Waals surface area (Å²) in [6.45, 7) is 9.81. The summed E-state index contributed by atoms with van der Waals surface area (Å²) in [6, 6.07) is 4.96. The fraction of sp³-hybridized carbons (Fsp3) is 0.391. The molecule has 0 saturated carbocycles. The van der Waals surface area contributed by atoms with Crippen LogP contribution in [-0.2, 0) is 20.7 Å². The van der Waals surface area contributed by atoms with Crippen molar-refractivity contribution in [1.82, 2.24) is 9.55 Å². The van der Waals surface area contributed by atoms with Gasteiger partial charge in [-0.05, 0) is 51.3 Å². The standard InChI is InChI=1S/C23H27N3O4S/c1-6-18(22(29)25-23-24-16(12-31-23)11-20(28)30-7-2)26-19(27)10-14(4)17-9-13(3)8-15(5)21(17)26/h8-10,12,18H,6-7,11H2,1-5H3,(H,24,25,29). The van der Waals surface area contributed by atoms with E-state index >= 15 is 0 Å². The quantitative estimate of drug-likeness (QED) is 0.558. The smallest absolute Gasteiger partial charge is 0.311 e. The number of hydrogen-bond acceptors (Lipinski definition) is 6. The number of rotatable bonds is 7. The van der Waals surface area contributed by atoms with Crippen LogP contribution in [0.5, 0.6) is 0 Å². The van der Waals surface area contributed by atoms with Gasteiger partial charge in [0.2, 0.25) is 5.91 Å².